The van der Waals surface area contributed by atoms with Crippen LogP contribution in [0.25, 0.3) is 0 Å². The van der Waals surface area contributed by atoms with Crippen LogP contribution in [0.3, 0.4) is 0 Å². The summed E-state index contributed by atoms with van der Waals surface area (Å²) in [6.07, 6.45) is 2.77. The van der Waals surface area contributed by atoms with E-state index in [9.17, 15) is 5.11 Å². The molecule has 4 heteroatoms. The van der Waals surface area contributed by atoms with Crippen molar-refractivity contribution < 1.29 is 18.6 Å². The van der Waals surface area contributed by atoms with Gasteiger partial charge in [0.1, 0.15) is 5.75 Å². The van der Waals surface area contributed by atoms with Gasteiger partial charge in [-0.2, -0.15) is 0 Å². The molecule has 3 aliphatic carbocycles. The summed E-state index contributed by atoms with van der Waals surface area (Å²) in [5.74, 6) is -3.20. The Balaban J connectivity index is 1.72. The summed E-state index contributed by atoms with van der Waals surface area (Å²) in [7, 11) is 1.53. The van der Waals surface area contributed by atoms with Crippen molar-refractivity contribution in [3.05, 3.63) is 42.0 Å². The van der Waals surface area contributed by atoms with E-state index in [0.717, 1.165) is 24.8 Å². The molecular formula is C19H22F2O2. The molecule has 0 bridgehead atoms. The largest absolute Gasteiger partial charge is 0.497 e. The smallest absolute Gasteiger partial charge is 0.283 e. The number of methoxy groups -OCH3 is 1. The van der Waals surface area contributed by atoms with Crippen LogP contribution in [-0.4, -0.2) is 18.1 Å². The number of aliphatic hydroxyl groups is 1. The summed E-state index contributed by atoms with van der Waals surface area (Å²) >= 11 is 0. The summed E-state index contributed by atoms with van der Waals surface area (Å²) < 4.78 is 35.7. The topological polar surface area (TPSA) is 29.5 Å². The van der Waals surface area contributed by atoms with E-state index in [1.807, 2.05) is 0 Å². The van der Waals surface area contributed by atoms with Crippen LogP contribution in [0.2, 0.25) is 0 Å². The fourth-order valence-corrected chi connectivity index (χ4v) is 5.39. The molecule has 2 nitrogen and oxygen atoms in total. The van der Waals surface area contributed by atoms with Crippen molar-refractivity contribution in [1.29, 1.82) is 0 Å². The van der Waals surface area contributed by atoms with Crippen LogP contribution in [0.15, 0.2) is 36.4 Å². The SMILES string of the molecule is C=C1CC[C@H]2C[C@@H]3C[C@@](O)(c4ccc(OC)cc4)C(F)(F)[C@@H]3[C@@H]12. The van der Waals surface area contributed by atoms with Crippen LogP contribution in [-0.2, 0) is 5.60 Å². The van der Waals surface area contributed by atoms with E-state index in [-0.39, 0.29) is 23.8 Å². The molecule has 23 heavy (non-hydrogen) atoms. The third-order valence-electron chi connectivity index (χ3n) is 6.41. The van der Waals surface area contributed by atoms with E-state index < -0.39 is 17.4 Å². The van der Waals surface area contributed by atoms with Crippen molar-refractivity contribution in [3.8, 4) is 5.75 Å². The second-order valence-corrected chi connectivity index (χ2v) is 7.42. The minimum atomic E-state index is -3.13. The lowest BCUT2D eigenvalue weighted by Crippen LogP contribution is -2.46. The molecule has 3 saturated carbocycles. The highest BCUT2D eigenvalue weighted by Gasteiger charge is 2.72. The Hall–Kier alpha value is -1.42. The van der Waals surface area contributed by atoms with E-state index in [0.29, 0.717) is 11.7 Å². The van der Waals surface area contributed by atoms with Crippen molar-refractivity contribution in [2.75, 3.05) is 7.11 Å². The fraction of sp³-hybridized carbons (Fsp3) is 0.579. The highest BCUT2D eigenvalue weighted by atomic mass is 19.3. The average molecular weight is 320 g/mol. The first-order valence-electron chi connectivity index (χ1n) is 8.31. The van der Waals surface area contributed by atoms with E-state index in [4.69, 9.17) is 4.74 Å². The maximum absolute atomic E-state index is 15.3. The Morgan fingerprint density at radius 3 is 2.57 bits per heavy atom. The van der Waals surface area contributed by atoms with E-state index in [1.54, 1.807) is 24.3 Å². The number of benzene rings is 1. The molecule has 1 N–H and O–H groups in total. The molecule has 3 aliphatic rings. The number of allylic oxidation sites excluding steroid dienone is 1. The zero-order valence-corrected chi connectivity index (χ0v) is 13.3. The number of alkyl halides is 2. The molecule has 0 heterocycles. The van der Waals surface area contributed by atoms with Gasteiger partial charge in [-0.15, -0.1) is 0 Å². The highest BCUT2D eigenvalue weighted by Crippen LogP contribution is 2.67. The molecule has 0 radical (unpaired) electrons. The summed E-state index contributed by atoms with van der Waals surface area (Å²) in [6, 6.07) is 6.40. The standard InChI is InChI=1S/C19H22F2O2/c1-11-3-4-12-9-13-10-18(22,19(20,21)17(13)16(11)12)14-5-7-15(23-2)8-6-14/h5-8,12-13,16-17,22H,1,3-4,9-10H2,2H3/t12-,13+,16-,17-,18+/m0/s1. The second-order valence-electron chi connectivity index (χ2n) is 7.42. The van der Waals surface area contributed by atoms with Crippen LogP contribution in [0.4, 0.5) is 8.78 Å². The summed E-state index contributed by atoms with van der Waals surface area (Å²) in [4.78, 5) is 0. The maximum Gasteiger partial charge on any atom is 0.283 e. The normalized spacial score (nSPS) is 41.0. The van der Waals surface area contributed by atoms with Gasteiger partial charge in [0.2, 0.25) is 0 Å². The first-order chi connectivity index (χ1) is 10.9. The third kappa shape index (κ3) is 1.87. The molecule has 1 aromatic rings. The number of rotatable bonds is 2. The molecule has 4 rings (SSSR count). The lowest BCUT2D eigenvalue weighted by Gasteiger charge is -2.35. The quantitative estimate of drug-likeness (QED) is 0.830. The molecule has 0 unspecified atom stereocenters. The maximum atomic E-state index is 15.3. The Kier molecular flexibility index (Phi) is 3.15. The van der Waals surface area contributed by atoms with Crippen molar-refractivity contribution in [2.45, 2.75) is 37.2 Å². The van der Waals surface area contributed by atoms with Crippen LogP contribution < -0.4 is 4.74 Å². The summed E-state index contributed by atoms with van der Waals surface area (Å²) in [5, 5.41) is 10.9. The molecule has 0 spiro atoms. The van der Waals surface area contributed by atoms with Gasteiger partial charge in [-0.05, 0) is 61.1 Å². The Labute approximate surface area is 135 Å². The molecular weight excluding hydrogens is 298 g/mol. The number of hydrogen-bond donors (Lipinski definition) is 1. The molecule has 0 aromatic heterocycles. The lowest BCUT2D eigenvalue weighted by molar-refractivity contribution is -0.192. The first-order valence-corrected chi connectivity index (χ1v) is 8.31. The van der Waals surface area contributed by atoms with Gasteiger partial charge in [0, 0.05) is 5.92 Å². The van der Waals surface area contributed by atoms with Crippen molar-refractivity contribution in [1.82, 2.24) is 0 Å². The Morgan fingerprint density at radius 2 is 1.91 bits per heavy atom. The first kappa shape index (κ1) is 15.1. The van der Waals surface area contributed by atoms with Crippen LogP contribution in [0.1, 0.15) is 31.2 Å². The number of halogens is 2. The number of hydrogen-bond acceptors (Lipinski definition) is 2. The fourth-order valence-electron chi connectivity index (χ4n) is 5.39. The van der Waals surface area contributed by atoms with Gasteiger partial charge >= 0.3 is 0 Å². The Morgan fingerprint density at radius 1 is 1.22 bits per heavy atom. The number of fused-ring (bicyclic) bond motifs is 3. The van der Waals surface area contributed by atoms with Gasteiger partial charge in [0.25, 0.3) is 5.92 Å². The molecule has 0 saturated heterocycles. The van der Waals surface area contributed by atoms with E-state index >= 15 is 8.78 Å². The van der Waals surface area contributed by atoms with E-state index in [1.165, 1.54) is 7.11 Å². The van der Waals surface area contributed by atoms with Crippen LogP contribution in [0.5, 0.6) is 5.75 Å². The zero-order chi connectivity index (χ0) is 16.4. The van der Waals surface area contributed by atoms with Gasteiger partial charge in [0.05, 0.1) is 7.11 Å². The monoisotopic (exact) mass is 320 g/mol. The van der Waals surface area contributed by atoms with Crippen LogP contribution in [0, 0.1) is 23.7 Å². The number of ether oxygens (including phenoxy) is 1. The van der Waals surface area contributed by atoms with Crippen LogP contribution >= 0.6 is 0 Å². The van der Waals surface area contributed by atoms with Gasteiger partial charge < -0.3 is 9.84 Å². The van der Waals surface area contributed by atoms with Gasteiger partial charge in [-0.1, -0.05) is 24.3 Å². The minimum absolute atomic E-state index is 0.121. The Bertz CT molecular complexity index is 639. The van der Waals surface area contributed by atoms with Crippen molar-refractivity contribution in [2.24, 2.45) is 23.7 Å². The zero-order valence-electron chi connectivity index (χ0n) is 13.3. The molecule has 0 amide bonds. The lowest BCUT2D eigenvalue weighted by atomic mass is 9.80. The molecule has 0 aliphatic heterocycles. The predicted octanol–water partition coefficient (Wildman–Crippen LogP) is 4.14. The van der Waals surface area contributed by atoms with Crippen molar-refractivity contribution in [3.63, 3.8) is 0 Å². The summed E-state index contributed by atoms with van der Waals surface area (Å²) in [5.41, 5.74) is -0.832. The molecule has 5 atom stereocenters. The van der Waals surface area contributed by atoms with Gasteiger partial charge in [-0.25, -0.2) is 8.78 Å². The third-order valence-corrected chi connectivity index (χ3v) is 6.41. The molecule has 124 valence electrons. The predicted molar refractivity (Wildman–Crippen MR) is 83.4 cm³/mol. The second kappa shape index (κ2) is 4.79. The highest BCUT2D eigenvalue weighted by molar-refractivity contribution is 5.36. The minimum Gasteiger partial charge on any atom is -0.497 e. The van der Waals surface area contributed by atoms with Gasteiger partial charge in [-0.3, -0.25) is 0 Å². The average Bonchev–Trinajstić information content (AvgIpc) is 3.11. The summed E-state index contributed by atoms with van der Waals surface area (Å²) in [6.45, 7) is 4.03. The van der Waals surface area contributed by atoms with Crippen molar-refractivity contribution >= 4 is 0 Å². The molecule has 3 fully saturated rings. The van der Waals surface area contributed by atoms with Gasteiger partial charge in [0.15, 0.2) is 5.60 Å². The molecule has 1 aromatic carbocycles. The van der Waals surface area contributed by atoms with E-state index in [2.05, 4.69) is 6.58 Å².